The molecule has 1 aliphatic carbocycles. The summed E-state index contributed by atoms with van der Waals surface area (Å²) >= 11 is 0. The lowest BCUT2D eigenvalue weighted by Crippen LogP contribution is -2.45. The number of benzene rings is 1. The number of aromatic nitrogens is 1. The second-order valence-corrected chi connectivity index (χ2v) is 8.07. The molecule has 1 fully saturated rings. The second-order valence-electron chi connectivity index (χ2n) is 8.07. The van der Waals surface area contributed by atoms with Crippen molar-refractivity contribution in [3.8, 4) is 17.0 Å². The van der Waals surface area contributed by atoms with E-state index in [1.807, 2.05) is 12.1 Å². The van der Waals surface area contributed by atoms with E-state index >= 15 is 0 Å². The van der Waals surface area contributed by atoms with Gasteiger partial charge < -0.3 is 15.4 Å². The zero-order valence-corrected chi connectivity index (χ0v) is 17.0. The Balaban J connectivity index is 1.52. The van der Waals surface area contributed by atoms with Crippen LogP contribution in [0.25, 0.3) is 11.3 Å². The Morgan fingerprint density at radius 3 is 2.54 bits per heavy atom. The molecule has 5 heteroatoms. The maximum Gasteiger partial charge on any atom is 0.124 e. The average Bonchev–Trinajstić information content (AvgIpc) is 2.96. The van der Waals surface area contributed by atoms with Gasteiger partial charge in [0.1, 0.15) is 18.2 Å². The molecule has 2 heterocycles. The maximum absolute atomic E-state index is 6.30. The molecule has 0 saturated carbocycles. The van der Waals surface area contributed by atoms with E-state index in [0.29, 0.717) is 5.82 Å². The third kappa shape index (κ3) is 4.47. The van der Waals surface area contributed by atoms with Crippen LogP contribution in [0.3, 0.4) is 0 Å². The highest BCUT2D eigenvalue weighted by molar-refractivity contribution is 5.69. The van der Waals surface area contributed by atoms with Gasteiger partial charge in [0.25, 0.3) is 0 Å². The third-order valence-electron chi connectivity index (χ3n) is 6.05. The largest absolute Gasteiger partial charge is 0.492 e. The number of nitrogens with zero attached hydrogens (tertiary/aromatic N) is 3. The van der Waals surface area contributed by atoms with Crippen LogP contribution in [0.2, 0.25) is 0 Å². The number of rotatable bonds is 5. The van der Waals surface area contributed by atoms with E-state index in [9.17, 15) is 0 Å². The third-order valence-corrected chi connectivity index (χ3v) is 6.05. The molecule has 4 rings (SSSR count). The number of hydrogen-bond donors (Lipinski definition) is 1. The van der Waals surface area contributed by atoms with E-state index < -0.39 is 0 Å². The minimum atomic E-state index is 0.576. The highest BCUT2D eigenvalue weighted by Gasteiger charge is 2.19. The van der Waals surface area contributed by atoms with Crippen molar-refractivity contribution in [2.75, 3.05) is 52.1 Å². The number of nitrogen functional groups attached to an aromatic ring is 1. The van der Waals surface area contributed by atoms with Crippen LogP contribution < -0.4 is 10.5 Å². The van der Waals surface area contributed by atoms with E-state index in [1.54, 1.807) is 0 Å². The van der Waals surface area contributed by atoms with Gasteiger partial charge in [0.05, 0.1) is 5.69 Å². The monoisotopic (exact) mass is 380 g/mol. The highest BCUT2D eigenvalue weighted by atomic mass is 16.5. The minimum Gasteiger partial charge on any atom is -0.492 e. The van der Waals surface area contributed by atoms with Crippen molar-refractivity contribution >= 4 is 5.82 Å². The molecule has 1 aromatic heterocycles. The molecule has 150 valence electrons. The summed E-state index contributed by atoms with van der Waals surface area (Å²) in [4.78, 5) is 9.46. The fourth-order valence-electron chi connectivity index (χ4n) is 4.34. The molecule has 1 aliphatic heterocycles. The first-order chi connectivity index (χ1) is 13.7. The summed E-state index contributed by atoms with van der Waals surface area (Å²) in [6.45, 7) is 6.33. The van der Waals surface area contributed by atoms with Crippen LogP contribution in [0.5, 0.6) is 5.75 Å². The number of piperazine rings is 1. The first-order valence-corrected chi connectivity index (χ1v) is 10.6. The zero-order chi connectivity index (χ0) is 19.3. The highest BCUT2D eigenvalue weighted by Crippen LogP contribution is 2.36. The molecule has 2 aromatic rings. The number of hydrogen-bond acceptors (Lipinski definition) is 5. The van der Waals surface area contributed by atoms with Crippen molar-refractivity contribution in [3.63, 3.8) is 0 Å². The summed E-state index contributed by atoms with van der Waals surface area (Å²) in [5.41, 5.74) is 10.9. The Kier molecular flexibility index (Phi) is 6.13. The number of fused-ring (bicyclic) bond motifs is 1. The SMILES string of the molecule is CN1CCN(CCOc2ccc(-c3cccc(N)n3)c3c2CCCCC3)CC1. The smallest absolute Gasteiger partial charge is 0.124 e. The van der Waals surface area contributed by atoms with Gasteiger partial charge in [-0.1, -0.05) is 12.5 Å². The number of nitrogens with two attached hydrogens (primary N) is 1. The van der Waals surface area contributed by atoms with Gasteiger partial charge in [0, 0.05) is 38.3 Å². The molecule has 5 nitrogen and oxygen atoms in total. The lowest BCUT2D eigenvalue weighted by atomic mass is 9.94. The predicted molar refractivity (Wildman–Crippen MR) is 115 cm³/mol. The van der Waals surface area contributed by atoms with Crippen LogP contribution in [0.4, 0.5) is 5.82 Å². The summed E-state index contributed by atoms with van der Waals surface area (Å²) in [6.07, 6.45) is 5.92. The Morgan fingerprint density at radius 1 is 0.964 bits per heavy atom. The van der Waals surface area contributed by atoms with E-state index in [4.69, 9.17) is 10.5 Å². The van der Waals surface area contributed by atoms with Crippen molar-refractivity contribution in [1.29, 1.82) is 0 Å². The number of ether oxygens (including phenoxy) is 1. The number of pyridine rings is 1. The van der Waals surface area contributed by atoms with Gasteiger partial charge in [-0.15, -0.1) is 0 Å². The molecular weight excluding hydrogens is 348 g/mol. The van der Waals surface area contributed by atoms with E-state index in [1.165, 1.54) is 36.0 Å². The molecular formula is C23H32N4O. The van der Waals surface area contributed by atoms with Crippen LogP contribution >= 0.6 is 0 Å². The summed E-state index contributed by atoms with van der Waals surface area (Å²) in [5, 5.41) is 0. The van der Waals surface area contributed by atoms with Gasteiger partial charge in [0.2, 0.25) is 0 Å². The van der Waals surface area contributed by atoms with Crippen LogP contribution in [0.15, 0.2) is 30.3 Å². The Bertz CT molecular complexity index is 799. The summed E-state index contributed by atoms with van der Waals surface area (Å²) < 4.78 is 6.30. The van der Waals surface area contributed by atoms with Crippen LogP contribution in [0, 0.1) is 0 Å². The van der Waals surface area contributed by atoms with Gasteiger partial charge in [0.15, 0.2) is 0 Å². The molecule has 1 saturated heterocycles. The van der Waals surface area contributed by atoms with E-state index in [-0.39, 0.29) is 0 Å². The summed E-state index contributed by atoms with van der Waals surface area (Å²) in [7, 11) is 2.19. The van der Waals surface area contributed by atoms with Gasteiger partial charge >= 0.3 is 0 Å². The van der Waals surface area contributed by atoms with Gasteiger partial charge in [-0.25, -0.2) is 4.98 Å². The number of likely N-dealkylation sites (N-methyl/N-ethyl adjacent to an activating group) is 1. The summed E-state index contributed by atoms with van der Waals surface area (Å²) in [5.74, 6) is 1.64. The van der Waals surface area contributed by atoms with Crippen LogP contribution in [0.1, 0.15) is 30.4 Å². The lowest BCUT2D eigenvalue weighted by Gasteiger charge is -2.32. The fraction of sp³-hybridized carbons (Fsp3) is 0.522. The fourth-order valence-corrected chi connectivity index (χ4v) is 4.34. The quantitative estimate of drug-likeness (QED) is 0.807. The van der Waals surface area contributed by atoms with E-state index in [0.717, 1.165) is 63.6 Å². The Labute approximate surface area is 168 Å². The second kappa shape index (κ2) is 8.93. The molecule has 0 amide bonds. The molecule has 2 aliphatic rings. The standard InChI is InChI=1S/C23H32N4O/c1-26-12-14-27(15-13-26)16-17-28-22-11-10-19(21-8-5-9-23(24)25-21)18-6-3-2-4-7-20(18)22/h5,8-11H,2-4,6-7,12-17H2,1H3,(H2,24,25). The van der Waals surface area contributed by atoms with Crippen molar-refractivity contribution in [2.24, 2.45) is 0 Å². The molecule has 0 atom stereocenters. The molecule has 1 aromatic carbocycles. The molecule has 0 radical (unpaired) electrons. The van der Waals surface area contributed by atoms with Gasteiger partial charge in [-0.2, -0.15) is 0 Å². The maximum atomic E-state index is 6.30. The van der Waals surface area contributed by atoms with Crippen molar-refractivity contribution in [1.82, 2.24) is 14.8 Å². The molecule has 0 unspecified atom stereocenters. The van der Waals surface area contributed by atoms with Crippen LogP contribution in [-0.2, 0) is 12.8 Å². The first kappa shape index (κ1) is 19.2. The normalized spacial score (nSPS) is 18.5. The van der Waals surface area contributed by atoms with Crippen LogP contribution in [-0.4, -0.2) is 61.2 Å². The summed E-state index contributed by atoms with van der Waals surface area (Å²) in [6, 6.07) is 10.2. The molecule has 2 N–H and O–H groups in total. The average molecular weight is 381 g/mol. The van der Waals surface area contributed by atoms with Gasteiger partial charge in [-0.3, -0.25) is 4.90 Å². The van der Waals surface area contributed by atoms with Crippen molar-refractivity contribution in [2.45, 2.75) is 32.1 Å². The van der Waals surface area contributed by atoms with Gasteiger partial charge in [-0.05, 0) is 68.1 Å². The number of anilines is 1. The first-order valence-electron chi connectivity index (χ1n) is 10.6. The van der Waals surface area contributed by atoms with E-state index in [2.05, 4.69) is 40.0 Å². The van der Waals surface area contributed by atoms with Crippen molar-refractivity contribution < 1.29 is 4.74 Å². The predicted octanol–water partition coefficient (Wildman–Crippen LogP) is 3.23. The lowest BCUT2D eigenvalue weighted by molar-refractivity contribution is 0.133. The topological polar surface area (TPSA) is 54.6 Å². The van der Waals surface area contributed by atoms with Crippen molar-refractivity contribution in [3.05, 3.63) is 41.5 Å². The molecule has 0 bridgehead atoms. The zero-order valence-electron chi connectivity index (χ0n) is 17.0. The molecule has 0 spiro atoms. The molecule has 28 heavy (non-hydrogen) atoms. The minimum absolute atomic E-state index is 0.576. The Hall–Kier alpha value is -2.11. The Morgan fingerprint density at radius 2 is 1.75 bits per heavy atom.